The lowest BCUT2D eigenvalue weighted by Gasteiger charge is -2.22. The van der Waals surface area contributed by atoms with Crippen molar-refractivity contribution in [3.05, 3.63) is 17.8 Å². The molecule has 0 bridgehead atoms. The van der Waals surface area contributed by atoms with Gasteiger partial charge in [-0.15, -0.1) is 0 Å². The van der Waals surface area contributed by atoms with Gasteiger partial charge in [0, 0.05) is 18.0 Å². The molecule has 0 saturated heterocycles. The number of hydrogen-bond acceptors (Lipinski definition) is 3. The topological polar surface area (TPSA) is 24.9 Å². The Balaban J connectivity index is 2.42. The van der Waals surface area contributed by atoms with Crippen molar-refractivity contribution in [2.75, 3.05) is 11.9 Å². The SMILES string of the molecule is Cc1ccnc2c1NCC(C)S2. The van der Waals surface area contributed by atoms with Crippen molar-refractivity contribution in [1.82, 2.24) is 4.98 Å². The summed E-state index contributed by atoms with van der Waals surface area (Å²) in [6.07, 6.45) is 1.88. The number of nitrogens with zero attached hydrogens (tertiary/aromatic N) is 1. The normalized spacial score (nSPS) is 21.3. The number of aromatic nitrogens is 1. The van der Waals surface area contributed by atoms with Gasteiger partial charge < -0.3 is 5.32 Å². The van der Waals surface area contributed by atoms with E-state index in [9.17, 15) is 0 Å². The molecule has 0 aromatic carbocycles. The van der Waals surface area contributed by atoms with Crippen molar-refractivity contribution in [2.24, 2.45) is 0 Å². The Morgan fingerprint density at radius 2 is 2.50 bits per heavy atom. The Bertz CT molecular complexity index is 299. The number of nitrogens with one attached hydrogen (secondary N) is 1. The number of thioether (sulfide) groups is 1. The van der Waals surface area contributed by atoms with Crippen LogP contribution in [0.25, 0.3) is 0 Å². The maximum atomic E-state index is 4.33. The molecule has 1 unspecified atom stereocenters. The summed E-state index contributed by atoms with van der Waals surface area (Å²) in [4.78, 5) is 4.33. The van der Waals surface area contributed by atoms with E-state index < -0.39 is 0 Å². The van der Waals surface area contributed by atoms with E-state index in [-0.39, 0.29) is 0 Å². The summed E-state index contributed by atoms with van der Waals surface area (Å²) >= 11 is 1.85. The Morgan fingerprint density at radius 1 is 1.67 bits per heavy atom. The first-order chi connectivity index (χ1) is 5.77. The second-order valence-electron chi connectivity index (χ2n) is 3.12. The monoisotopic (exact) mass is 180 g/mol. The largest absolute Gasteiger partial charge is 0.382 e. The highest BCUT2D eigenvalue weighted by Gasteiger charge is 2.16. The first kappa shape index (κ1) is 7.92. The first-order valence-electron chi connectivity index (χ1n) is 4.13. The third kappa shape index (κ3) is 1.29. The van der Waals surface area contributed by atoms with Gasteiger partial charge in [0.2, 0.25) is 0 Å². The predicted molar refractivity (Wildman–Crippen MR) is 52.8 cm³/mol. The molecule has 0 fully saturated rings. The van der Waals surface area contributed by atoms with E-state index in [1.54, 1.807) is 0 Å². The maximum absolute atomic E-state index is 4.33. The molecule has 0 saturated carbocycles. The van der Waals surface area contributed by atoms with Crippen LogP contribution in [0.2, 0.25) is 0 Å². The molecule has 12 heavy (non-hydrogen) atoms. The van der Waals surface area contributed by atoms with Gasteiger partial charge >= 0.3 is 0 Å². The minimum atomic E-state index is 0.631. The summed E-state index contributed by atoms with van der Waals surface area (Å²) in [5.41, 5.74) is 2.51. The highest BCUT2D eigenvalue weighted by atomic mass is 32.2. The van der Waals surface area contributed by atoms with Crippen LogP contribution in [-0.4, -0.2) is 16.8 Å². The number of pyridine rings is 1. The molecule has 0 radical (unpaired) electrons. The third-order valence-corrected chi connectivity index (χ3v) is 3.11. The number of anilines is 1. The molecule has 1 N–H and O–H groups in total. The number of fused-ring (bicyclic) bond motifs is 1. The van der Waals surface area contributed by atoms with Gasteiger partial charge in [-0.05, 0) is 18.6 Å². The molecule has 2 rings (SSSR count). The molecule has 3 heteroatoms. The summed E-state index contributed by atoms with van der Waals surface area (Å²) in [6, 6.07) is 2.04. The van der Waals surface area contributed by atoms with E-state index >= 15 is 0 Å². The summed E-state index contributed by atoms with van der Waals surface area (Å²) in [7, 11) is 0. The number of aryl methyl sites for hydroxylation is 1. The van der Waals surface area contributed by atoms with Crippen LogP contribution in [0, 0.1) is 6.92 Å². The minimum absolute atomic E-state index is 0.631. The fourth-order valence-electron chi connectivity index (χ4n) is 1.32. The maximum Gasteiger partial charge on any atom is 0.120 e. The highest BCUT2D eigenvalue weighted by Crippen LogP contribution is 2.34. The Kier molecular flexibility index (Phi) is 1.97. The summed E-state index contributed by atoms with van der Waals surface area (Å²) in [6.45, 7) is 5.37. The quantitative estimate of drug-likeness (QED) is 0.663. The van der Waals surface area contributed by atoms with E-state index in [2.05, 4.69) is 24.1 Å². The lowest BCUT2D eigenvalue weighted by Crippen LogP contribution is -2.19. The van der Waals surface area contributed by atoms with Crippen LogP contribution >= 0.6 is 11.8 Å². The molecule has 0 spiro atoms. The van der Waals surface area contributed by atoms with Gasteiger partial charge in [-0.2, -0.15) is 0 Å². The summed E-state index contributed by atoms with van der Waals surface area (Å²) in [5, 5.41) is 5.18. The predicted octanol–water partition coefficient (Wildman–Crippen LogP) is 2.30. The minimum Gasteiger partial charge on any atom is -0.382 e. The fraction of sp³-hybridized carbons (Fsp3) is 0.444. The molecule has 2 nitrogen and oxygen atoms in total. The Labute approximate surface area is 76.8 Å². The van der Waals surface area contributed by atoms with Crippen LogP contribution in [-0.2, 0) is 0 Å². The average Bonchev–Trinajstić information content (AvgIpc) is 2.04. The molecule has 1 aromatic heterocycles. The lowest BCUT2D eigenvalue weighted by atomic mass is 10.2. The van der Waals surface area contributed by atoms with Crippen LogP contribution < -0.4 is 5.32 Å². The van der Waals surface area contributed by atoms with Crippen molar-refractivity contribution in [3.63, 3.8) is 0 Å². The van der Waals surface area contributed by atoms with E-state index in [1.165, 1.54) is 11.3 Å². The van der Waals surface area contributed by atoms with Gasteiger partial charge in [-0.3, -0.25) is 0 Å². The van der Waals surface area contributed by atoms with Crippen LogP contribution in [0.5, 0.6) is 0 Å². The van der Waals surface area contributed by atoms with Crippen molar-refractivity contribution in [1.29, 1.82) is 0 Å². The molecule has 1 aliphatic heterocycles. The molecule has 0 aliphatic carbocycles. The van der Waals surface area contributed by atoms with Gasteiger partial charge in [-0.25, -0.2) is 4.98 Å². The molecule has 0 amide bonds. The lowest BCUT2D eigenvalue weighted by molar-refractivity contribution is 0.941. The Morgan fingerprint density at radius 3 is 3.33 bits per heavy atom. The van der Waals surface area contributed by atoms with E-state index in [1.807, 2.05) is 24.0 Å². The second-order valence-corrected chi connectivity index (χ2v) is 4.54. The van der Waals surface area contributed by atoms with Crippen molar-refractivity contribution < 1.29 is 0 Å². The van der Waals surface area contributed by atoms with Crippen molar-refractivity contribution >= 4 is 17.4 Å². The molecular formula is C9H12N2S. The molecule has 2 heterocycles. The fourth-order valence-corrected chi connectivity index (χ4v) is 2.34. The average molecular weight is 180 g/mol. The van der Waals surface area contributed by atoms with E-state index in [0.717, 1.165) is 11.6 Å². The van der Waals surface area contributed by atoms with E-state index in [0.29, 0.717) is 5.25 Å². The molecule has 1 aromatic rings. The number of rotatable bonds is 0. The van der Waals surface area contributed by atoms with Crippen molar-refractivity contribution in [2.45, 2.75) is 24.1 Å². The molecule has 1 atom stereocenters. The zero-order valence-corrected chi connectivity index (χ0v) is 8.11. The van der Waals surface area contributed by atoms with E-state index in [4.69, 9.17) is 0 Å². The van der Waals surface area contributed by atoms with Gasteiger partial charge in [0.1, 0.15) is 5.03 Å². The Hall–Kier alpha value is -0.700. The summed E-state index contributed by atoms with van der Waals surface area (Å²) in [5.74, 6) is 0. The smallest absolute Gasteiger partial charge is 0.120 e. The van der Waals surface area contributed by atoms with Gasteiger partial charge in [0.15, 0.2) is 0 Å². The van der Waals surface area contributed by atoms with Gasteiger partial charge in [0.05, 0.1) is 5.69 Å². The van der Waals surface area contributed by atoms with Crippen LogP contribution in [0.3, 0.4) is 0 Å². The van der Waals surface area contributed by atoms with Crippen molar-refractivity contribution in [3.8, 4) is 0 Å². The number of hydrogen-bond donors (Lipinski definition) is 1. The van der Waals surface area contributed by atoms with Gasteiger partial charge in [0.25, 0.3) is 0 Å². The zero-order chi connectivity index (χ0) is 8.55. The van der Waals surface area contributed by atoms with Crippen LogP contribution in [0.15, 0.2) is 17.3 Å². The zero-order valence-electron chi connectivity index (χ0n) is 7.29. The van der Waals surface area contributed by atoms with Crippen LogP contribution in [0.1, 0.15) is 12.5 Å². The second kappa shape index (κ2) is 2.98. The highest BCUT2D eigenvalue weighted by molar-refractivity contribution is 8.00. The van der Waals surface area contributed by atoms with Gasteiger partial charge in [-0.1, -0.05) is 18.7 Å². The molecule has 64 valence electrons. The standard InChI is InChI=1S/C9H12N2S/c1-6-3-4-10-9-8(6)11-5-7(2)12-9/h3-4,7,11H,5H2,1-2H3. The first-order valence-corrected chi connectivity index (χ1v) is 5.01. The van der Waals surface area contributed by atoms with Crippen LogP contribution in [0.4, 0.5) is 5.69 Å². The molecular weight excluding hydrogens is 168 g/mol. The summed E-state index contributed by atoms with van der Waals surface area (Å²) < 4.78 is 0. The molecule has 1 aliphatic rings. The third-order valence-electron chi connectivity index (χ3n) is 2.00.